The van der Waals surface area contributed by atoms with E-state index in [2.05, 4.69) is 6.92 Å². The van der Waals surface area contributed by atoms with E-state index in [0.29, 0.717) is 17.5 Å². The standard InChI is InChI=1S/C14H17NO3S2/c1-8-2-3-9-10(5-20-12(9)4-8)13(16)15-7-19-6-11(15)14(17)18/h5,8,11H,2-4,6-7H2,1H3,(H,17,18). The summed E-state index contributed by atoms with van der Waals surface area (Å²) >= 11 is 3.16. The molecule has 0 radical (unpaired) electrons. The Labute approximate surface area is 126 Å². The van der Waals surface area contributed by atoms with E-state index < -0.39 is 12.0 Å². The molecule has 2 heterocycles. The van der Waals surface area contributed by atoms with E-state index in [-0.39, 0.29) is 5.91 Å². The van der Waals surface area contributed by atoms with Gasteiger partial charge in [0.15, 0.2) is 0 Å². The second kappa shape index (κ2) is 5.41. The summed E-state index contributed by atoms with van der Waals surface area (Å²) < 4.78 is 0. The summed E-state index contributed by atoms with van der Waals surface area (Å²) in [5.41, 5.74) is 1.91. The lowest BCUT2D eigenvalue weighted by atomic mass is 9.88. The molecule has 2 unspecified atom stereocenters. The molecule has 0 spiro atoms. The Kier molecular flexibility index (Phi) is 3.77. The molecular formula is C14H17NO3S2. The van der Waals surface area contributed by atoms with Crippen molar-refractivity contribution in [1.29, 1.82) is 0 Å². The Hall–Kier alpha value is -1.01. The highest BCUT2D eigenvalue weighted by atomic mass is 32.2. The van der Waals surface area contributed by atoms with Crippen molar-refractivity contribution in [1.82, 2.24) is 4.90 Å². The molecule has 1 aliphatic heterocycles. The summed E-state index contributed by atoms with van der Waals surface area (Å²) in [4.78, 5) is 26.7. The average molecular weight is 311 g/mol. The average Bonchev–Trinajstić information content (AvgIpc) is 3.03. The summed E-state index contributed by atoms with van der Waals surface area (Å²) in [5, 5.41) is 11.1. The van der Waals surface area contributed by atoms with Gasteiger partial charge >= 0.3 is 5.97 Å². The summed E-state index contributed by atoms with van der Waals surface area (Å²) in [6.45, 7) is 2.24. The van der Waals surface area contributed by atoms with Crippen molar-refractivity contribution in [3.05, 3.63) is 21.4 Å². The van der Waals surface area contributed by atoms with E-state index in [4.69, 9.17) is 0 Å². The predicted octanol–water partition coefficient (Wildman–Crippen LogP) is 2.47. The molecule has 0 saturated carbocycles. The third-order valence-electron chi connectivity index (χ3n) is 4.06. The van der Waals surface area contributed by atoms with Crippen molar-refractivity contribution in [2.24, 2.45) is 5.92 Å². The molecule has 1 fully saturated rings. The van der Waals surface area contributed by atoms with Gasteiger partial charge in [0.25, 0.3) is 5.91 Å². The number of carboxylic acid groups (broad SMARTS) is 1. The maximum atomic E-state index is 12.6. The van der Waals surface area contributed by atoms with Crippen LogP contribution in [-0.2, 0) is 17.6 Å². The SMILES string of the molecule is CC1CCc2c(C(=O)N3CSCC3C(=O)O)csc2C1. The normalized spacial score (nSPS) is 25.6. The van der Waals surface area contributed by atoms with Crippen LogP contribution in [0.25, 0.3) is 0 Å². The number of rotatable bonds is 2. The number of carboxylic acids is 1. The number of aliphatic carboxylic acids is 1. The molecule has 6 heteroatoms. The van der Waals surface area contributed by atoms with Crippen molar-refractivity contribution >= 4 is 35.0 Å². The van der Waals surface area contributed by atoms with E-state index in [1.807, 2.05) is 5.38 Å². The molecule has 1 aromatic rings. The number of amides is 1. The molecule has 1 N–H and O–H groups in total. The zero-order valence-electron chi connectivity index (χ0n) is 11.3. The number of thiophene rings is 1. The van der Waals surface area contributed by atoms with Gasteiger partial charge in [-0.05, 0) is 30.7 Å². The highest BCUT2D eigenvalue weighted by Gasteiger charge is 2.36. The van der Waals surface area contributed by atoms with Crippen LogP contribution in [0.3, 0.4) is 0 Å². The van der Waals surface area contributed by atoms with Crippen LogP contribution in [-0.4, -0.2) is 39.6 Å². The lowest BCUT2D eigenvalue weighted by Crippen LogP contribution is -2.42. The third kappa shape index (κ3) is 2.35. The molecule has 3 rings (SSSR count). The van der Waals surface area contributed by atoms with E-state index in [1.165, 1.54) is 27.1 Å². The minimum Gasteiger partial charge on any atom is -0.480 e. The maximum Gasteiger partial charge on any atom is 0.327 e. The summed E-state index contributed by atoms with van der Waals surface area (Å²) in [6.07, 6.45) is 3.10. The molecule has 4 nitrogen and oxygen atoms in total. The van der Waals surface area contributed by atoms with Crippen LogP contribution in [0.15, 0.2) is 5.38 Å². The Morgan fingerprint density at radius 3 is 3.00 bits per heavy atom. The van der Waals surface area contributed by atoms with Gasteiger partial charge in [-0.3, -0.25) is 4.79 Å². The first kappa shape index (κ1) is 13.9. The third-order valence-corrected chi connectivity index (χ3v) is 6.12. The molecular weight excluding hydrogens is 294 g/mol. The van der Waals surface area contributed by atoms with Gasteiger partial charge < -0.3 is 10.0 Å². The summed E-state index contributed by atoms with van der Waals surface area (Å²) in [7, 11) is 0. The van der Waals surface area contributed by atoms with Crippen LogP contribution in [0.1, 0.15) is 34.1 Å². The fourth-order valence-corrected chi connectivity index (χ4v) is 5.24. The van der Waals surface area contributed by atoms with Crippen molar-refractivity contribution in [2.45, 2.75) is 32.2 Å². The van der Waals surface area contributed by atoms with Crippen LogP contribution < -0.4 is 0 Å². The highest BCUT2D eigenvalue weighted by molar-refractivity contribution is 7.99. The van der Waals surface area contributed by atoms with Gasteiger partial charge in [0, 0.05) is 16.0 Å². The van der Waals surface area contributed by atoms with Gasteiger partial charge in [0.05, 0.1) is 11.4 Å². The molecule has 2 aliphatic rings. The number of carbonyl (C=O) groups is 2. The van der Waals surface area contributed by atoms with Crippen LogP contribution in [0.5, 0.6) is 0 Å². The maximum absolute atomic E-state index is 12.6. The number of fused-ring (bicyclic) bond motifs is 1. The number of hydrogen-bond donors (Lipinski definition) is 1. The zero-order valence-corrected chi connectivity index (χ0v) is 12.9. The quantitative estimate of drug-likeness (QED) is 0.911. The first-order valence-electron chi connectivity index (χ1n) is 6.78. The first-order valence-corrected chi connectivity index (χ1v) is 8.82. The summed E-state index contributed by atoms with van der Waals surface area (Å²) in [6, 6.07) is -0.675. The largest absolute Gasteiger partial charge is 0.480 e. The Morgan fingerprint density at radius 1 is 1.45 bits per heavy atom. The van der Waals surface area contributed by atoms with Crippen LogP contribution in [0.4, 0.5) is 0 Å². The second-order valence-electron chi connectivity index (χ2n) is 5.53. The molecule has 1 amide bonds. The van der Waals surface area contributed by atoms with Gasteiger partial charge in [0.2, 0.25) is 0 Å². The van der Waals surface area contributed by atoms with Gasteiger partial charge in [-0.2, -0.15) is 0 Å². The molecule has 1 saturated heterocycles. The number of thioether (sulfide) groups is 1. The number of nitrogens with zero attached hydrogens (tertiary/aromatic N) is 1. The summed E-state index contributed by atoms with van der Waals surface area (Å²) in [5.74, 6) is 0.648. The lowest BCUT2D eigenvalue weighted by Gasteiger charge is -2.23. The van der Waals surface area contributed by atoms with Gasteiger partial charge in [0.1, 0.15) is 6.04 Å². The Morgan fingerprint density at radius 2 is 2.25 bits per heavy atom. The first-order chi connectivity index (χ1) is 9.58. The predicted molar refractivity (Wildman–Crippen MR) is 80.4 cm³/mol. The Balaban J connectivity index is 1.86. The number of carbonyl (C=O) groups excluding carboxylic acids is 1. The lowest BCUT2D eigenvalue weighted by molar-refractivity contribution is -0.140. The van der Waals surface area contributed by atoms with E-state index in [9.17, 15) is 14.7 Å². The van der Waals surface area contributed by atoms with Crippen LogP contribution in [0, 0.1) is 5.92 Å². The van der Waals surface area contributed by atoms with Gasteiger partial charge in [-0.25, -0.2) is 4.79 Å². The van der Waals surface area contributed by atoms with Crippen molar-refractivity contribution in [3.63, 3.8) is 0 Å². The van der Waals surface area contributed by atoms with Crippen molar-refractivity contribution in [3.8, 4) is 0 Å². The smallest absolute Gasteiger partial charge is 0.327 e. The zero-order chi connectivity index (χ0) is 14.3. The molecule has 108 valence electrons. The van der Waals surface area contributed by atoms with Gasteiger partial charge in [-0.15, -0.1) is 23.1 Å². The highest BCUT2D eigenvalue weighted by Crippen LogP contribution is 2.34. The molecule has 1 aromatic heterocycles. The Bertz CT molecular complexity index is 555. The van der Waals surface area contributed by atoms with Gasteiger partial charge in [-0.1, -0.05) is 6.92 Å². The topological polar surface area (TPSA) is 57.6 Å². The number of hydrogen-bond acceptors (Lipinski definition) is 4. The molecule has 0 aromatic carbocycles. The van der Waals surface area contributed by atoms with Crippen LogP contribution in [0.2, 0.25) is 0 Å². The van der Waals surface area contributed by atoms with Crippen molar-refractivity contribution in [2.75, 3.05) is 11.6 Å². The molecule has 0 bridgehead atoms. The minimum absolute atomic E-state index is 0.102. The fraction of sp³-hybridized carbons (Fsp3) is 0.571. The molecule has 2 atom stereocenters. The van der Waals surface area contributed by atoms with E-state index in [1.54, 1.807) is 11.3 Å². The monoisotopic (exact) mass is 311 g/mol. The fourth-order valence-electron chi connectivity index (χ4n) is 2.86. The van der Waals surface area contributed by atoms with Crippen LogP contribution >= 0.6 is 23.1 Å². The second-order valence-corrected chi connectivity index (χ2v) is 7.49. The van der Waals surface area contributed by atoms with E-state index in [0.717, 1.165) is 24.8 Å². The molecule has 1 aliphatic carbocycles. The van der Waals surface area contributed by atoms with E-state index >= 15 is 0 Å². The van der Waals surface area contributed by atoms with Crippen molar-refractivity contribution < 1.29 is 14.7 Å². The minimum atomic E-state index is -0.902. The molecule has 20 heavy (non-hydrogen) atoms.